The molecular formula is C12H12F2O3. The number of benzene rings is 1. The highest BCUT2D eigenvalue weighted by atomic mass is 19.2. The molecule has 0 radical (unpaired) electrons. The van der Waals surface area contributed by atoms with Crippen LogP contribution in [0.1, 0.15) is 30.1 Å². The Morgan fingerprint density at radius 2 is 1.88 bits per heavy atom. The number of esters is 1. The molecule has 0 atom stereocenters. The minimum absolute atomic E-state index is 0.0493. The number of Topliss-reactive ketones (excluding diaryl/α,β-unsaturated/α-hetero) is 1. The monoisotopic (exact) mass is 242 g/mol. The summed E-state index contributed by atoms with van der Waals surface area (Å²) < 4.78 is 30.1. The molecule has 92 valence electrons. The number of hydrogen-bond acceptors (Lipinski definition) is 3. The molecule has 0 spiro atoms. The third-order valence-electron chi connectivity index (χ3n) is 2.10. The van der Waals surface area contributed by atoms with E-state index in [9.17, 15) is 18.4 Å². The molecule has 0 saturated carbocycles. The molecule has 0 aliphatic carbocycles. The van der Waals surface area contributed by atoms with Gasteiger partial charge in [0.15, 0.2) is 17.4 Å². The van der Waals surface area contributed by atoms with Crippen molar-refractivity contribution in [3.8, 4) is 0 Å². The smallest absolute Gasteiger partial charge is 0.306 e. The van der Waals surface area contributed by atoms with Crippen LogP contribution < -0.4 is 0 Å². The van der Waals surface area contributed by atoms with E-state index in [4.69, 9.17) is 0 Å². The van der Waals surface area contributed by atoms with Crippen LogP contribution in [0.3, 0.4) is 0 Å². The van der Waals surface area contributed by atoms with Crippen LogP contribution in [-0.4, -0.2) is 18.4 Å². The Morgan fingerprint density at radius 3 is 2.47 bits per heavy atom. The van der Waals surface area contributed by atoms with Crippen LogP contribution in [0.2, 0.25) is 0 Å². The zero-order chi connectivity index (χ0) is 12.8. The van der Waals surface area contributed by atoms with Gasteiger partial charge in [0.1, 0.15) is 0 Å². The highest BCUT2D eigenvalue weighted by Gasteiger charge is 2.12. The molecule has 17 heavy (non-hydrogen) atoms. The van der Waals surface area contributed by atoms with Crippen LogP contribution >= 0.6 is 0 Å². The quantitative estimate of drug-likeness (QED) is 0.588. The molecule has 0 aromatic heterocycles. The van der Waals surface area contributed by atoms with Gasteiger partial charge in [-0.25, -0.2) is 8.78 Å². The van der Waals surface area contributed by atoms with Crippen molar-refractivity contribution in [2.45, 2.75) is 19.8 Å². The lowest BCUT2D eigenvalue weighted by molar-refractivity contribution is -0.143. The van der Waals surface area contributed by atoms with E-state index in [1.807, 2.05) is 0 Å². The lowest BCUT2D eigenvalue weighted by Gasteiger charge is -2.02. The van der Waals surface area contributed by atoms with Crippen LogP contribution in [0.15, 0.2) is 18.2 Å². The Bertz CT molecular complexity index is 430. The van der Waals surface area contributed by atoms with E-state index in [0.29, 0.717) is 0 Å². The molecule has 3 nitrogen and oxygen atoms in total. The fourth-order valence-corrected chi connectivity index (χ4v) is 1.26. The molecular weight excluding hydrogens is 230 g/mol. The predicted molar refractivity (Wildman–Crippen MR) is 56.6 cm³/mol. The van der Waals surface area contributed by atoms with Crippen molar-refractivity contribution < 1.29 is 23.1 Å². The Hall–Kier alpha value is -1.78. The van der Waals surface area contributed by atoms with Gasteiger partial charge >= 0.3 is 5.97 Å². The van der Waals surface area contributed by atoms with E-state index >= 15 is 0 Å². The third kappa shape index (κ3) is 3.94. The molecule has 0 amide bonds. The average molecular weight is 242 g/mol. The normalized spacial score (nSPS) is 10.1. The summed E-state index contributed by atoms with van der Waals surface area (Å²) in [6, 6.07) is 2.89. The van der Waals surface area contributed by atoms with Crippen LogP contribution in [0.25, 0.3) is 0 Å². The molecule has 0 N–H and O–H groups in total. The molecule has 0 unspecified atom stereocenters. The molecule has 1 rings (SSSR count). The fourth-order valence-electron chi connectivity index (χ4n) is 1.26. The first kappa shape index (κ1) is 13.3. The first-order valence-electron chi connectivity index (χ1n) is 5.18. The molecule has 0 aliphatic rings. The van der Waals surface area contributed by atoms with Crippen molar-refractivity contribution in [1.82, 2.24) is 0 Å². The summed E-state index contributed by atoms with van der Waals surface area (Å²) in [5.41, 5.74) is 0.0493. The summed E-state index contributed by atoms with van der Waals surface area (Å²) in [5.74, 6) is -2.99. The first-order valence-corrected chi connectivity index (χ1v) is 5.18. The van der Waals surface area contributed by atoms with E-state index in [1.165, 1.54) is 6.07 Å². The van der Waals surface area contributed by atoms with Gasteiger partial charge in [0.25, 0.3) is 0 Å². The minimum Gasteiger partial charge on any atom is -0.466 e. The van der Waals surface area contributed by atoms with Crippen molar-refractivity contribution in [3.05, 3.63) is 35.4 Å². The Morgan fingerprint density at radius 1 is 1.18 bits per heavy atom. The van der Waals surface area contributed by atoms with Gasteiger partial charge in [-0.05, 0) is 25.1 Å². The van der Waals surface area contributed by atoms with Crippen molar-refractivity contribution in [2.75, 3.05) is 6.61 Å². The lowest BCUT2D eigenvalue weighted by Crippen LogP contribution is -2.08. The van der Waals surface area contributed by atoms with Gasteiger partial charge in [-0.2, -0.15) is 0 Å². The molecule has 0 aliphatic heterocycles. The van der Waals surface area contributed by atoms with E-state index in [0.717, 1.165) is 12.1 Å². The van der Waals surface area contributed by atoms with Gasteiger partial charge in [-0.3, -0.25) is 9.59 Å². The lowest BCUT2D eigenvalue weighted by atomic mass is 10.1. The molecule has 5 heteroatoms. The van der Waals surface area contributed by atoms with Crippen LogP contribution in [0, 0.1) is 11.6 Å². The van der Waals surface area contributed by atoms with Gasteiger partial charge < -0.3 is 4.74 Å². The number of ketones is 1. The van der Waals surface area contributed by atoms with Gasteiger partial charge in [0.2, 0.25) is 0 Å². The summed E-state index contributed by atoms with van der Waals surface area (Å²) >= 11 is 0. The second kappa shape index (κ2) is 6.08. The number of ether oxygens (including phenoxy) is 1. The average Bonchev–Trinajstić information content (AvgIpc) is 2.30. The van der Waals surface area contributed by atoms with Crippen LogP contribution in [0.4, 0.5) is 8.78 Å². The second-order valence-electron chi connectivity index (χ2n) is 3.36. The zero-order valence-corrected chi connectivity index (χ0v) is 9.33. The van der Waals surface area contributed by atoms with Gasteiger partial charge in [0.05, 0.1) is 13.0 Å². The van der Waals surface area contributed by atoms with Gasteiger partial charge in [-0.1, -0.05) is 0 Å². The number of carbonyl (C=O) groups excluding carboxylic acids is 2. The summed E-state index contributed by atoms with van der Waals surface area (Å²) in [4.78, 5) is 22.5. The minimum atomic E-state index is -1.08. The zero-order valence-electron chi connectivity index (χ0n) is 9.33. The Labute approximate surface area is 97.4 Å². The standard InChI is InChI=1S/C12H12F2O3/c1-2-17-12(16)6-5-11(15)8-3-4-9(13)10(14)7-8/h3-4,7H,2,5-6H2,1H3. The Balaban J connectivity index is 2.58. The van der Waals surface area contributed by atoms with Crippen molar-refractivity contribution in [1.29, 1.82) is 0 Å². The topological polar surface area (TPSA) is 43.4 Å². The largest absolute Gasteiger partial charge is 0.466 e. The molecule has 0 fully saturated rings. The third-order valence-corrected chi connectivity index (χ3v) is 2.10. The maximum Gasteiger partial charge on any atom is 0.306 e. The number of rotatable bonds is 5. The van der Waals surface area contributed by atoms with E-state index < -0.39 is 23.4 Å². The number of hydrogen-bond donors (Lipinski definition) is 0. The number of halogens is 2. The first-order chi connectivity index (χ1) is 8.04. The van der Waals surface area contributed by atoms with Crippen molar-refractivity contribution in [2.24, 2.45) is 0 Å². The number of carbonyl (C=O) groups is 2. The van der Waals surface area contributed by atoms with E-state index in [2.05, 4.69) is 4.74 Å². The van der Waals surface area contributed by atoms with E-state index in [1.54, 1.807) is 6.92 Å². The summed E-state index contributed by atoms with van der Waals surface area (Å²) in [5, 5.41) is 0. The summed E-state index contributed by atoms with van der Waals surface area (Å²) in [6.45, 7) is 1.91. The van der Waals surface area contributed by atoms with Crippen LogP contribution in [0.5, 0.6) is 0 Å². The van der Waals surface area contributed by atoms with Crippen molar-refractivity contribution >= 4 is 11.8 Å². The van der Waals surface area contributed by atoms with Crippen LogP contribution in [-0.2, 0) is 9.53 Å². The van der Waals surface area contributed by atoms with Gasteiger partial charge in [0, 0.05) is 12.0 Å². The highest BCUT2D eigenvalue weighted by Crippen LogP contribution is 2.11. The SMILES string of the molecule is CCOC(=O)CCC(=O)c1ccc(F)c(F)c1. The maximum atomic E-state index is 12.8. The molecule has 0 bridgehead atoms. The molecule has 1 aromatic rings. The van der Waals surface area contributed by atoms with Gasteiger partial charge in [-0.15, -0.1) is 0 Å². The highest BCUT2D eigenvalue weighted by molar-refractivity contribution is 5.97. The second-order valence-corrected chi connectivity index (χ2v) is 3.36. The fraction of sp³-hybridized carbons (Fsp3) is 0.333. The summed E-state index contributed by atoms with van der Waals surface area (Å²) in [7, 11) is 0. The van der Waals surface area contributed by atoms with Crippen molar-refractivity contribution in [3.63, 3.8) is 0 Å². The Kier molecular flexibility index (Phi) is 4.75. The van der Waals surface area contributed by atoms with E-state index in [-0.39, 0.29) is 25.0 Å². The summed E-state index contributed by atoms with van der Waals surface area (Å²) in [6.07, 6.45) is -0.143. The maximum absolute atomic E-state index is 12.8. The molecule has 0 saturated heterocycles. The molecule has 1 aromatic carbocycles. The predicted octanol–water partition coefficient (Wildman–Crippen LogP) is 2.49. The molecule has 0 heterocycles.